The van der Waals surface area contributed by atoms with Crippen molar-refractivity contribution in [2.24, 2.45) is 0 Å². The molecular weight excluding hydrogens is 363 g/mol. The fraction of sp³-hybridized carbons (Fsp3) is 0.286. The number of thioether (sulfide) groups is 1. The number of hydrogen-bond donors (Lipinski definition) is 0. The standard InChI is InChI=1S/C14H17OSSi.2ClH.Ti/c1-17(2,3)15-13-10-6-7-11-14(13)16-12-8-4-5-9-12;;;/h4,6-8,10-11H,5H2,1-3H3;2*1H;. The van der Waals surface area contributed by atoms with Crippen molar-refractivity contribution >= 4 is 44.9 Å². The van der Waals surface area contributed by atoms with Crippen LogP contribution < -0.4 is 4.43 Å². The quantitative estimate of drug-likeness (QED) is 0.631. The fourth-order valence-electron chi connectivity index (χ4n) is 1.65. The maximum Gasteiger partial charge on any atom is -0.147 e. The minimum Gasteiger partial charge on any atom is -0.147 e. The van der Waals surface area contributed by atoms with Crippen LogP contribution >= 0.6 is 36.6 Å². The van der Waals surface area contributed by atoms with E-state index in [1.165, 1.54) is 13.7 Å². The number of para-hydroxylation sites is 1. The van der Waals surface area contributed by atoms with Crippen molar-refractivity contribution < 1.29 is 24.9 Å². The van der Waals surface area contributed by atoms with Crippen molar-refractivity contribution in [1.82, 2.24) is 0 Å². The first-order valence-corrected chi connectivity index (χ1v) is 11.0. The molecule has 1 aromatic rings. The minimum absolute atomic E-state index is 0. The fourth-order valence-corrected chi connectivity index (χ4v) is 4.08. The predicted molar refractivity (Wildman–Crippen MR) is 91.6 cm³/mol. The molecule has 1 aliphatic carbocycles. The van der Waals surface area contributed by atoms with Gasteiger partial charge in [-0.25, -0.2) is 0 Å². The van der Waals surface area contributed by atoms with Crippen molar-refractivity contribution in [3.05, 3.63) is 45.2 Å². The molecule has 0 N–H and O–H groups in total. The first-order chi connectivity index (χ1) is 8.46. The largest absolute Gasteiger partial charge is 0.147 e. The molecule has 0 atom stereocenters. The molecule has 109 valence electrons. The third-order valence-corrected chi connectivity index (χ3v) is 5.39. The van der Waals surface area contributed by atoms with Gasteiger partial charge < -0.3 is 0 Å². The van der Waals surface area contributed by atoms with Gasteiger partial charge in [-0.1, -0.05) is 0 Å². The number of allylic oxidation sites excluding steroid dienone is 3. The number of rotatable bonds is 4. The Morgan fingerprint density at radius 1 is 1.15 bits per heavy atom. The third-order valence-electron chi connectivity index (χ3n) is 2.37. The van der Waals surface area contributed by atoms with E-state index in [1.807, 2.05) is 17.8 Å². The van der Waals surface area contributed by atoms with Crippen molar-refractivity contribution in [3.63, 3.8) is 0 Å². The maximum atomic E-state index is 6.15. The van der Waals surface area contributed by atoms with E-state index >= 15 is 0 Å². The smallest absolute Gasteiger partial charge is 0.147 e. The zero-order valence-corrected chi connectivity index (χ0v) is 16.8. The zero-order valence-electron chi connectivity index (χ0n) is 11.8. The Kier molecular flexibility index (Phi) is 8.88. The second-order valence-electron chi connectivity index (χ2n) is 5.21. The molecule has 0 aromatic heterocycles. The summed E-state index contributed by atoms with van der Waals surface area (Å²) in [5.41, 5.74) is 0. The molecule has 2 rings (SSSR count). The van der Waals surface area contributed by atoms with Gasteiger partial charge in [0.2, 0.25) is 0 Å². The summed E-state index contributed by atoms with van der Waals surface area (Å²) in [6.45, 7) is 6.65. The van der Waals surface area contributed by atoms with Gasteiger partial charge in [0.15, 0.2) is 0 Å². The van der Waals surface area contributed by atoms with Gasteiger partial charge in [0.05, 0.1) is 0 Å². The summed E-state index contributed by atoms with van der Waals surface area (Å²) in [6, 6.07) is 8.35. The van der Waals surface area contributed by atoms with Gasteiger partial charge in [-0.15, -0.1) is 24.8 Å². The summed E-state index contributed by atoms with van der Waals surface area (Å²) in [6.07, 6.45) is 5.52. The van der Waals surface area contributed by atoms with E-state index in [0.29, 0.717) is 0 Å². The summed E-state index contributed by atoms with van der Waals surface area (Å²) >= 11 is 4.02. The number of hydrogen-bond acceptors (Lipinski definition) is 2. The molecule has 0 spiro atoms. The van der Waals surface area contributed by atoms with E-state index < -0.39 is 8.32 Å². The molecule has 0 amide bonds. The summed E-state index contributed by atoms with van der Waals surface area (Å²) < 4.78 is 7.60. The SMILES string of the molecule is C[Si](C)(C)Oc1ccccc1SC1=[C]([Ti])CC=C1.Cl.Cl. The molecule has 0 bridgehead atoms. The molecule has 0 radical (unpaired) electrons. The molecule has 1 aliphatic rings. The van der Waals surface area contributed by atoms with E-state index in [9.17, 15) is 0 Å². The summed E-state index contributed by atoms with van der Waals surface area (Å²) in [4.78, 5) is 2.59. The first-order valence-electron chi connectivity index (χ1n) is 6.03. The van der Waals surface area contributed by atoms with Crippen LogP contribution in [0.25, 0.3) is 0 Å². The number of halogens is 2. The molecule has 1 nitrogen and oxygen atoms in total. The summed E-state index contributed by atoms with van der Waals surface area (Å²) in [5.74, 6) is 1.03. The zero-order chi connectivity index (χ0) is 13.2. The van der Waals surface area contributed by atoms with Crippen molar-refractivity contribution in [2.45, 2.75) is 31.0 Å². The second-order valence-corrected chi connectivity index (χ2v) is 11.7. The Morgan fingerprint density at radius 2 is 1.80 bits per heavy atom. The normalized spacial score (nSPS) is 13.7. The molecule has 1 aromatic carbocycles. The van der Waals surface area contributed by atoms with Crippen molar-refractivity contribution in [2.75, 3.05) is 0 Å². The van der Waals surface area contributed by atoms with E-state index in [4.69, 9.17) is 4.43 Å². The van der Waals surface area contributed by atoms with Gasteiger partial charge in [0.25, 0.3) is 0 Å². The van der Waals surface area contributed by atoms with Crippen LogP contribution in [0.1, 0.15) is 6.42 Å². The van der Waals surface area contributed by atoms with Crippen LogP contribution in [0.2, 0.25) is 19.6 Å². The molecule has 0 unspecified atom stereocenters. The minimum atomic E-state index is -1.55. The maximum absolute atomic E-state index is 6.15. The van der Waals surface area contributed by atoms with Gasteiger partial charge in [0, 0.05) is 0 Å². The van der Waals surface area contributed by atoms with Crippen LogP contribution in [0.3, 0.4) is 0 Å². The van der Waals surface area contributed by atoms with E-state index in [2.05, 4.69) is 70.4 Å². The molecule has 0 fully saturated rings. The Bertz CT molecular complexity index is 512. The molecule has 20 heavy (non-hydrogen) atoms. The molecule has 0 saturated carbocycles. The van der Waals surface area contributed by atoms with Gasteiger partial charge in [-0.05, 0) is 0 Å². The van der Waals surface area contributed by atoms with Crippen LogP contribution in [0.4, 0.5) is 0 Å². The van der Waals surface area contributed by atoms with Crippen LogP contribution in [0.15, 0.2) is 50.1 Å². The van der Waals surface area contributed by atoms with Crippen molar-refractivity contribution in [3.8, 4) is 5.75 Å². The van der Waals surface area contributed by atoms with Gasteiger partial charge >= 0.3 is 127 Å². The molecular formula is C14H19Cl2OSSiTi. The Hall–Kier alpha value is 0.361. The third kappa shape index (κ3) is 6.00. The Balaban J connectivity index is 0.00000180. The van der Waals surface area contributed by atoms with E-state index in [-0.39, 0.29) is 24.8 Å². The van der Waals surface area contributed by atoms with Gasteiger partial charge in [-0.2, -0.15) is 0 Å². The monoisotopic (exact) mass is 381 g/mol. The summed E-state index contributed by atoms with van der Waals surface area (Å²) in [7, 11) is -1.55. The van der Waals surface area contributed by atoms with E-state index in [0.717, 1.165) is 12.2 Å². The van der Waals surface area contributed by atoms with Crippen LogP contribution in [-0.4, -0.2) is 8.32 Å². The van der Waals surface area contributed by atoms with Crippen LogP contribution in [0, 0.1) is 0 Å². The number of benzene rings is 1. The van der Waals surface area contributed by atoms with Crippen LogP contribution in [0.5, 0.6) is 5.75 Å². The molecule has 0 heterocycles. The van der Waals surface area contributed by atoms with Gasteiger partial charge in [0.1, 0.15) is 0 Å². The average molecular weight is 382 g/mol. The van der Waals surface area contributed by atoms with Crippen molar-refractivity contribution in [1.29, 1.82) is 0 Å². The topological polar surface area (TPSA) is 9.23 Å². The predicted octanol–water partition coefficient (Wildman–Crippen LogP) is 5.55. The summed E-state index contributed by atoms with van der Waals surface area (Å²) in [5, 5.41) is 0. The molecule has 0 saturated heterocycles. The molecule has 6 heteroatoms. The van der Waals surface area contributed by atoms with Crippen LogP contribution in [-0.2, 0) is 20.4 Å². The van der Waals surface area contributed by atoms with E-state index in [1.54, 1.807) is 0 Å². The van der Waals surface area contributed by atoms with Gasteiger partial charge in [-0.3, -0.25) is 0 Å². The molecule has 0 aliphatic heterocycles. The first kappa shape index (κ1) is 20.4. The Labute approximate surface area is 151 Å². The second kappa shape index (κ2) is 8.72. The Morgan fingerprint density at radius 3 is 2.35 bits per heavy atom. The average Bonchev–Trinajstić information content (AvgIpc) is 2.65.